The van der Waals surface area contributed by atoms with Crippen molar-refractivity contribution in [3.8, 4) is 16.9 Å². The molecule has 1 fully saturated rings. The summed E-state index contributed by atoms with van der Waals surface area (Å²) in [6, 6.07) is 21.9. The van der Waals surface area contributed by atoms with Crippen LogP contribution in [0.25, 0.3) is 17.2 Å². The van der Waals surface area contributed by atoms with Gasteiger partial charge in [0.05, 0.1) is 12.8 Å². The minimum absolute atomic E-state index is 0.00593. The van der Waals surface area contributed by atoms with Crippen molar-refractivity contribution in [1.82, 2.24) is 5.32 Å². The first-order valence-electron chi connectivity index (χ1n) is 9.38. The van der Waals surface area contributed by atoms with Gasteiger partial charge in [0.15, 0.2) is 5.11 Å². The van der Waals surface area contributed by atoms with E-state index in [0.717, 1.165) is 16.9 Å². The van der Waals surface area contributed by atoms with E-state index in [1.165, 1.54) is 4.90 Å². The van der Waals surface area contributed by atoms with Crippen molar-refractivity contribution < 1.29 is 14.3 Å². The van der Waals surface area contributed by atoms with Gasteiger partial charge in [0, 0.05) is 10.6 Å². The number of carbonyl (C=O) groups excluding carboxylic acids is 2. The largest absolute Gasteiger partial charge is 0.496 e. The molecule has 31 heavy (non-hydrogen) atoms. The lowest BCUT2D eigenvalue weighted by Gasteiger charge is -2.28. The molecule has 154 valence electrons. The molecule has 7 heteroatoms. The first kappa shape index (κ1) is 20.8. The maximum atomic E-state index is 13.1. The third-order valence-electron chi connectivity index (χ3n) is 4.83. The molecule has 0 aromatic heterocycles. The number of nitrogens with zero attached hydrogens (tertiary/aromatic N) is 1. The van der Waals surface area contributed by atoms with E-state index in [0.29, 0.717) is 16.3 Å². The molecule has 1 N–H and O–H groups in total. The van der Waals surface area contributed by atoms with E-state index in [1.54, 1.807) is 37.5 Å². The van der Waals surface area contributed by atoms with Crippen LogP contribution in [0.2, 0.25) is 5.02 Å². The van der Waals surface area contributed by atoms with Gasteiger partial charge in [-0.05, 0) is 59.8 Å². The number of hydrogen-bond donors (Lipinski definition) is 1. The molecule has 1 heterocycles. The van der Waals surface area contributed by atoms with Crippen molar-refractivity contribution in [2.45, 2.75) is 0 Å². The zero-order valence-corrected chi connectivity index (χ0v) is 18.0. The Labute approximate surface area is 189 Å². The van der Waals surface area contributed by atoms with Crippen molar-refractivity contribution >= 4 is 52.5 Å². The monoisotopic (exact) mass is 448 g/mol. The molecule has 5 nitrogen and oxygen atoms in total. The molecule has 0 saturated carbocycles. The highest BCUT2D eigenvalue weighted by Gasteiger charge is 2.34. The smallest absolute Gasteiger partial charge is 0.270 e. The van der Waals surface area contributed by atoms with E-state index < -0.39 is 11.8 Å². The van der Waals surface area contributed by atoms with E-state index in [-0.39, 0.29) is 10.7 Å². The average molecular weight is 449 g/mol. The van der Waals surface area contributed by atoms with Gasteiger partial charge in [0.1, 0.15) is 11.3 Å². The first-order valence-corrected chi connectivity index (χ1v) is 10.2. The molecule has 1 aliphatic heterocycles. The molecular formula is C24H17ClN2O3S. The molecule has 0 radical (unpaired) electrons. The maximum absolute atomic E-state index is 13.1. The highest BCUT2D eigenvalue weighted by Crippen LogP contribution is 2.30. The molecule has 0 atom stereocenters. The number of benzene rings is 3. The lowest BCUT2D eigenvalue weighted by atomic mass is 10.0. The molecule has 1 aliphatic rings. The summed E-state index contributed by atoms with van der Waals surface area (Å²) in [4.78, 5) is 26.8. The number of anilines is 1. The normalized spacial score (nSPS) is 15.2. The number of amides is 2. The highest BCUT2D eigenvalue weighted by molar-refractivity contribution is 7.80. The van der Waals surface area contributed by atoms with Crippen molar-refractivity contribution in [3.63, 3.8) is 0 Å². The minimum atomic E-state index is -0.533. The zero-order valence-electron chi connectivity index (χ0n) is 16.5. The maximum Gasteiger partial charge on any atom is 0.270 e. The number of carbonyl (C=O) groups is 2. The number of rotatable bonds is 4. The number of nitrogens with one attached hydrogen (secondary N) is 1. The summed E-state index contributed by atoms with van der Waals surface area (Å²) in [6.45, 7) is 0. The molecule has 1 saturated heterocycles. The van der Waals surface area contributed by atoms with Gasteiger partial charge in [-0.15, -0.1) is 0 Å². The fourth-order valence-corrected chi connectivity index (χ4v) is 3.70. The van der Waals surface area contributed by atoms with Crippen LogP contribution >= 0.6 is 23.8 Å². The Balaban J connectivity index is 1.65. The predicted octanol–water partition coefficient (Wildman–Crippen LogP) is 4.85. The number of methoxy groups -OCH3 is 1. The summed E-state index contributed by atoms with van der Waals surface area (Å²) in [5.74, 6) is -0.263. The summed E-state index contributed by atoms with van der Waals surface area (Å²) in [5.41, 5.74) is 3.14. The van der Waals surface area contributed by atoms with Crippen LogP contribution in [0.15, 0.2) is 78.4 Å². The second kappa shape index (κ2) is 8.71. The van der Waals surface area contributed by atoms with Gasteiger partial charge in [-0.25, -0.2) is 0 Å². The molecule has 4 rings (SSSR count). The van der Waals surface area contributed by atoms with Gasteiger partial charge in [0.25, 0.3) is 11.8 Å². The second-order valence-electron chi connectivity index (χ2n) is 6.76. The van der Waals surface area contributed by atoms with Crippen LogP contribution in [0, 0.1) is 0 Å². The Morgan fingerprint density at radius 3 is 2.32 bits per heavy atom. The molecule has 0 unspecified atom stereocenters. The van der Waals surface area contributed by atoms with E-state index in [1.807, 2.05) is 48.5 Å². The Bertz CT molecular complexity index is 1200. The van der Waals surface area contributed by atoms with Gasteiger partial charge in [-0.3, -0.25) is 19.8 Å². The number of para-hydroxylation sites is 1. The van der Waals surface area contributed by atoms with Gasteiger partial charge < -0.3 is 4.74 Å². The number of halogens is 1. The van der Waals surface area contributed by atoms with Gasteiger partial charge >= 0.3 is 0 Å². The Morgan fingerprint density at radius 2 is 1.65 bits per heavy atom. The molecule has 0 aliphatic carbocycles. The Kier molecular flexibility index (Phi) is 5.84. The van der Waals surface area contributed by atoms with Crippen LogP contribution in [0.5, 0.6) is 5.75 Å². The summed E-state index contributed by atoms with van der Waals surface area (Å²) in [5, 5.41) is 3.14. The van der Waals surface area contributed by atoms with E-state index in [2.05, 4.69) is 5.32 Å². The van der Waals surface area contributed by atoms with Crippen LogP contribution in [-0.4, -0.2) is 24.0 Å². The molecule has 3 aromatic carbocycles. The summed E-state index contributed by atoms with van der Waals surface area (Å²) < 4.78 is 5.42. The second-order valence-corrected chi connectivity index (χ2v) is 7.58. The average Bonchev–Trinajstić information content (AvgIpc) is 2.78. The molecule has 3 aromatic rings. The van der Waals surface area contributed by atoms with E-state index in [4.69, 9.17) is 28.6 Å². The molecular weight excluding hydrogens is 432 g/mol. The minimum Gasteiger partial charge on any atom is -0.496 e. The summed E-state index contributed by atoms with van der Waals surface area (Å²) in [6.07, 6.45) is 1.55. The number of thiocarbonyl (C=S) groups is 1. The van der Waals surface area contributed by atoms with Crippen molar-refractivity contribution in [1.29, 1.82) is 0 Å². The van der Waals surface area contributed by atoms with E-state index >= 15 is 0 Å². The fourth-order valence-electron chi connectivity index (χ4n) is 3.29. The quantitative estimate of drug-likeness (QED) is 0.352. The van der Waals surface area contributed by atoms with Crippen molar-refractivity contribution in [2.75, 3.05) is 12.0 Å². The topological polar surface area (TPSA) is 58.6 Å². The van der Waals surface area contributed by atoms with Crippen LogP contribution in [0.4, 0.5) is 5.69 Å². The Morgan fingerprint density at radius 1 is 0.968 bits per heavy atom. The summed E-state index contributed by atoms with van der Waals surface area (Å²) in [7, 11) is 1.63. The third kappa shape index (κ3) is 4.21. The van der Waals surface area contributed by atoms with Gasteiger partial charge in [-0.1, -0.05) is 54.1 Å². The van der Waals surface area contributed by atoms with Gasteiger partial charge in [0.2, 0.25) is 0 Å². The van der Waals surface area contributed by atoms with Crippen LogP contribution in [-0.2, 0) is 9.59 Å². The van der Waals surface area contributed by atoms with Crippen LogP contribution in [0.1, 0.15) is 5.56 Å². The zero-order chi connectivity index (χ0) is 22.0. The number of hydrogen-bond acceptors (Lipinski definition) is 4. The first-order chi connectivity index (χ1) is 15.0. The summed E-state index contributed by atoms with van der Waals surface area (Å²) >= 11 is 11.1. The lowest BCUT2D eigenvalue weighted by Crippen LogP contribution is -2.54. The molecule has 0 bridgehead atoms. The Hall–Kier alpha value is -3.48. The van der Waals surface area contributed by atoms with E-state index in [9.17, 15) is 9.59 Å². The standard InChI is InChI=1S/C24H17ClN2O3S/c1-30-21-5-3-2-4-19(21)16-8-6-15(7-9-16)14-20-22(28)26-24(31)27(23(20)29)18-12-10-17(25)11-13-18/h2-14H,1H3,(H,26,28,31)/b20-14-. The van der Waals surface area contributed by atoms with Crippen LogP contribution in [0.3, 0.4) is 0 Å². The third-order valence-corrected chi connectivity index (χ3v) is 5.36. The van der Waals surface area contributed by atoms with Crippen molar-refractivity contribution in [3.05, 3.63) is 89.0 Å². The van der Waals surface area contributed by atoms with Gasteiger partial charge in [-0.2, -0.15) is 0 Å². The number of ether oxygens (including phenoxy) is 1. The SMILES string of the molecule is COc1ccccc1-c1ccc(/C=C2/C(=O)NC(=S)N(c3ccc(Cl)cc3)C2=O)cc1. The lowest BCUT2D eigenvalue weighted by molar-refractivity contribution is -0.122. The highest BCUT2D eigenvalue weighted by atomic mass is 35.5. The van der Waals surface area contributed by atoms with Crippen LogP contribution < -0.4 is 15.0 Å². The predicted molar refractivity (Wildman–Crippen MR) is 126 cm³/mol. The molecule has 2 amide bonds. The molecule has 0 spiro atoms. The fraction of sp³-hybridized carbons (Fsp3) is 0.0417. The van der Waals surface area contributed by atoms with Crippen molar-refractivity contribution in [2.24, 2.45) is 0 Å².